The summed E-state index contributed by atoms with van der Waals surface area (Å²) in [5, 5.41) is 17.5. The van der Waals surface area contributed by atoms with E-state index in [-0.39, 0.29) is 35.6 Å². The van der Waals surface area contributed by atoms with E-state index in [4.69, 9.17) is 21.7 Å². The van der Waals surface area contributed by atoms with Gasteiger partial charge in [-0.3, -0.25) is 4.79 Å². The second-order valence-electron chi connectivity index (χ2n) is 10.2. The Morgan fingerprint density at radius 3 is 2.41 bits per heavy atom. The van der Waals surface area contributed by atoms with Gasteiger partial charge in [0.05, 0.1) is 36.7 Å². The number of aliphatic hydroxyl groups excluding tert-OH is 1. The number of carbonyl (C=O) groups is 1. The van der Waals surface area contributed by atoms with Crippen molar-refractivity contribution in [3.63, 3.8) is 0 Å². The Bertz CT molecular complexity index is 1140. The number of amides is 1. The lowest BCUT2D eigenvalue weighted by molar-refractivity contribution is -0.126. The van der Waals surface area contributed by atoms with Crippen molar-refractivity contribution in [3.05, 3.63) is 65.7 Å². The molecule has 3 atom stereocenters. The molecule has 1 amide bonds. The SMILES string of the molecule is COc1cccc(CNC[C@@H](O)[C@H](Cc2ccccc2)NC(=O)[C@H](COC(C)=S)CS(=O)(=O)CCC(C)C)c1. The van der Waals surface area contributed by atoms with Crippen LogP contribution in [-0.4, -0.2) is 68.4 Å². The third-order valence-electron chi connectivity index (χ3n) is 6.23. The van der Waals surface area contributed by atoms with E-state index in [2.05, 4.69) is 10.6 Å². The fourth-order valence-corrected chi connectivity index (χ4v) is 5.89. The van der Waals surface area contributed by atoms with E-state index < -0.39 is 33.8 Å². The Balaban J connectivity index is 2.14. The van der Waals surface area contributed by atoms with Crippen LogP contribution >= 0.6 is 12.2 Å². The van der Waals surface area contributed by atoms with Crippen LogP contribution in [0.2, 0.25) is 0 Å². The van der Waals surface area contributed by atoms with E-state index in [9.17, 15) is 18.3 Å². The van der Waals surface area contributed by atoms with Gasteiger partial charge in [0, 0.05) is 20.0 Å². The van der Waals surface area contributed by atoms with Crippen LogP contribution in [0, 0.1) is 11.8 Å². The van der Waals surface area contributed by atoms with Crippen molar-refractivity contribution in [2.75, 3.05) is 31.8 Å². The van der Waals surface area contributed by atoms with Crippen molar-refractivity contribution in [1.29, 1.82) is 0 Å². The molecule has 0 saturated heterocycles. The lowest BCUT2D eigenvalue weighted by Crippen LogP contribution is -2.51. The first-order chi connectivity index (χ1) is 18.5. The molecule has 0 aliphatic rings. The van der Waals surface area contributed by atoms with Crippen molar-refractivity contribution in [1.82, 2.24) is 10.6 Å². The molecule has 0 fully saturated rings. The number of rotatable bonds is 17. The van der Waals surface area contributed by atoms with Crippen molar-refractivity contribution in [3.8, 4) is 5.75 Å². The number of thiocarbonyl (C=S) groups is 1. The van der Waals surface area contributed by atoms with Gasteiger partial charge in [0.1, 0.15) is 12.4 Å². The third kappa shape index (κ3) is 12.9. The maximum absolute atomic E-state index is 13.4. The number of hydrogen-bond acceptors (Lipinski definition) is 8. The van der Waals surface area contributed by atoms with Crippen LogP contribution in [0.5, 0.6) is 5.75 Å². The minimum atomic E-state index is -3.50. The van der Waals surface area contributed by atoms with Crippen molar-refractivity contribution in [2.24, 2.45) is 11.8 Å². The number of methoxy groups -OCH3 is 1. The average molecular weight is 579 g/mol. The highest BCUT2D eigenvalue weighted by molar-refractivity contribution is 7.91. The van der Waals surface area contributed by atoms with Crippen LogP contribution in [0.3, 0.4) is 0 Å². The van der Waals surface area contributed by atoms with Crippen molar-refractivity contribution >= 4 is 33.0 Å². The van der Waals surface area contributed by atoms with Gasteiger partial charge in [0.25, 0.3) is 0 Å². The van der Waals surface area contributed by atoms with E-state index in [1.165, 1.54) is 0 Å². The number of hydrogen-bond donors (Lipinski definition) is 3. The van der Waals surface area contributed by atoms with E-state index in [0.29, 0.717) is 19.4 Å². The van der Waals surface area contributed by atoms with Crippen LogP contribution < -0.4 is 15.4 Å². The van der Waals surface area contributed by atoms with Gasteiger partial charge < -0.3 is 25.2 Å². The van der Waals surface area contributed by atoms with Gasteiger partial charge in [-0.05, 0) is 54.2 Å². The third-order valence-corrected chi connectivity index (χ3v) is 8.11. The van der Waals surface area contributed by atoms with Gasteiger partial charge in [-0.15, -0.1) is 0 Å². The van der Waals surface area contributed by atoms with Crippen molar-refractivity contribution in [2.45, 2.75) is 52.3 Å². The average Bonchev–Trinajstić information content (AvgIpc) is 2.90. The first-order valence-corrected chi connectivity index (χ1v) is 15.4. The smallest absolute Gasteiger partial charge is 0.227 e. The summed E-state index contributed by atoms with van der Waals surface area (Å²) in [6, 6.07) is 16.5. The zero-order valence-corrected chi connectivity index (χ0v) is 24.9. The second kappa shape index (κ2) is 16.5. The van der Waals surface area contributed by atoms with E-state index in [1.807, 2.05) is 68.4 Å². The fourth-order valence-electron chi connectivity index (χ4n) is 3.96. The molecule has 3 N–H and O–H groups in total. The molecule has 0 aliphatic carbocycles. The second-order valence-corrected chi connectivity index (χ2v) is 13.0. The Morgan fingerprint density at radius 2 is 1.77 bits per heavy atom. The Morgan fingerprint density at radius 1 is 1.08 bits per heavy atom. The molecule has 0 saturated carbocycles. The number of aliphatic hydroxyl groups is 1. The minimum Gasteiger partial charge on any atom is -0.497 e. The molecule has 0 spiro atoms. The summed E-state index contributed by atoms with van der Waals surface area (Å²) in [4.78, 5) is 13.4. The monoisotopic (exact) mass is 578 g/mol. The Hall–Kier alpha value is -2.53. The van der Waals surface area contributed by atoms with Crippen LogP contribution in [-0.2, 0) is 32.3 Å². The molecule has 0 unspecified atom stereocenters. The zero-order chi connectivity index (χ0) is 28.8. The Labute approximate surface area is 238 Å². The van der Waals surface area contributed by atoms with Gasteiger partial charge in [-0.25, -0.2) is 8.42 Å². The normalized spacial score (nSPS) is 13.9. The predicted octanol–water partition coefficient (Wildman–Crippen LogP) is 3.31. The summed E-state index contributed by atoms with van der Waals surface area (Å²) in [5.74, 6) is -0.845. The molecule has 39 heavy (non-hydrogen) atoms. The van der Waals surface area contributed by atoms with Crippen LogP contribution in [0.4, 0.5) is 0 Å². The van der Waals surface area contributed by atoms with E-state index >= 15 is 0 Å². The molecule has 0 bridgehead atoms. The topological polar surface area (TPSA) is 114 Å². The molecule has 2 rings (SSSR count). The van der Waals surface area contributed by atoms with Crippen LogP contribution in [0.15, 0.2) is 54.6 Å². The summed E-state index contributed by atoms with van der Waals surface area (Å²) in [5.41, 5.74) is 1.92. The molecule has 0 aromatic heterocycles. The van der Waals surface area contributed by atoms with Gasteiger partial charge >= 0.3 is 0 Å². The Kier molecular flexibility index (Phi) is 13.9. The van der Waals surface area contributed by atoms with Crippen LogP contribution in [0.25, 0.3) is 0 Å². The maximum atomic E-state index is 13.4. The molecule has 0 heterocycles. The fraction of sp³-hybridized carbons (Fsp3) is 0.517. The number of nitrogens with one attached hydrogen (secondary N) is 2. The highest BCUT2D eigenvalue weighted by Gasteiger charge is 2.30. The van der Waals surface area contributed by atoms with E-state index in [1.54, 1.807) is 14.0 Å². The lowest BCUT2D eigenvalue weighted by atomic mass is 10.00. The highest BCUT2D eigenvalue weighted by atomic mass is 32.2. The van der Waals surface area contributed by atoms with Crippen molar-refractivity contribution < 1.29 is 27.8 Å². The maximum Gasteiger partial charge on any atom is 0.227 e. The predicted molar refractivity (Wildman–Crippen MR) is 159 cm³/mol. The highest BCUT2D eigenvalue weighted by Crippen LogP contribution is 2.14. The summed E-state index contributed by atoms with van der Waals surface area (Å²) >= 11 is 4.99. The molecule has 8 nitrogen and oxygen atoms in total. The molecular formula is C29H42N2O6S2. The van der Waals surface area contributed by atoms with Gasteiger partial charge in [-0.2, -0.15) is 0 Å². The molecule has 216 valence electrons. The molecule has 2 aromatic rings. The summed E-state index contributed by atoms with van der Waals surface area (Å²) in [6.07, 6.45) is -0.0573. The molecule has 0 radical (unpaired) electrons. The van der Waals surface area contributed by atoms with Gasteiger partial charge in [0.2, 0.25) is 5.91 Å². The van der Waals surface area contributed by atoms with E-state index in [0.717, 1.165) is 16.9 Å². The first-order valence-electron chi connectivity index (χ1n) is 13.2. The first kappa shape index (κ1) is 32.7. The lowest BCUT2D eigenvalue weighted by Gasteiger charge is -2.27. The number of sulfone groups is 1. The quantitative estimate of drug-likeness (QED) is 0.245. The molecular weight excluding hydrogens is 536 g/mol. The molecule has 2 aromatic carbocycles. The van der Waals surface area contributed by atoms with Gasteiger partial charge in [-0.1, -0.05) is 56.3 Å². The van der Waals surface area contributed by atoms with Crippen LogP contribution in [0.1, 0.15) is 38.3 Å². The molecule has 10 heteroatoms. The largest absolute Gasteiger partial charge is 0.497 e. The van der Waals surface area contributed by atoms with Gasteiger partial charge in [0.15, 0.2) is 14.9 Å². The summed E-state index contributed by atoms with van der Waals surface area (Å²) in [6.45, 7) is 6.05. The minimum absolute atomic E-state index is 0.00468. The number of benzene rings is 2. The number of carbonyl (C=O) groups excluding carboxylic acids is 1. The summed E-state index contributed by atoms with van der Waals surface area (Å²) in [7, 11) is -1.90. The zero-order valence-electron chi connectivity index (χ0n) is 23.3. The standard InChI is InChI=1S/C29H42N2O6S2/c1-21(2)13-14-39(34,35)20-25(19-37-22(3)38)29(33)31-27(16-23-9-6-5-7-10-23)28(32)18-30-17-24-11-8-12-26(15-24)36-4/h5-12,15,21,25,27-28,30,32H,13-14,16-20H2,1-4H3,(H,31,33)/t25-,27+,28-/m1/s1. The molecule has 0 aliphatic heterocycles. The number of ether oxygens (including phenoxy) is 2. The summed E-state index contributed by atoms with van der Waals surface area (Å²) < 4.78 is 36.3.